The summed E-state index contributed by atoms with van der Waals surface area (Å²) >= 11 is 0. The van der Waals surface area contributed by atoms with Gasteiger partial charge in [-0.3, -0.25) is 0 Å². The highest BCUT2D eigenvalue weighted by Crippen LogP contribution is 2.42. The third kappa shape index (κ3) is 4.66. The van der Waals surface area contributed by atoms with E-state index in [0.717, 1.165) is 91.0 Å². The summed E-state index contributed by atoms with van der Waals surface area (Å²) in [5.74, 6) is 2.34. The molecular formula is C47H31N3O2. The first-order chi connectivity index (χ1) is 25.7. The van der Waals surface area contributed by atoms with Crippen molar-refractivity contribution in [2.75, 3.05) is 0 Å². The zero-order chi connectivity index (χ0) is 34.2. The van der Waals surface area contributed by atoms with Crippen LogP contribution in [0.1, 0.15) is 29.8 Å². The zero-order valence-corrected chi connectivity index (χ0v) is 28.2. The van der Waals surface area contributed by atoms with Gasteiger partial charge in [-0.25, -0.2) is 15.0 Å². The zero-order valence-electron chi connectivity index (χ0n) is 28.2. The number of hydrogen-bond donors (Lipinski definition) is 0. The molecule has 3 aromatic heterocycles. The number of nitrogens with zero attached hydrogens (tertiary/aromatic N) is 3. The van der Waals surface area contributed by atoms with Gasteiger partial charge in [0.1, 0.15) is 22.3 Å². The number of furan rings is 2. The maximum Gasteiger partial charge on any atom is 0.164 e. The third-order valence-electron chi connectivity index (χ3n) is 10.7. The maximum absolute atomic E-state index is 6.71. The Morgan fingerprint density at radius 2 is 1.44 bits per heavy atom. The topological polar surface area (TPSA) is 65.0 Å². The van der Waals surface area contributed by atoms with E-state index in [0.29, 0.717) is 23.4 Å². The van der Waals surface area contributed by atoms with E-state index in [1.54, 1.807) is 0 Å². The molecule has 0 aliphatic heterocycles. The van der Waals surface area contributed by atoms with E-state index >= 15 is 0 Å². The van der Waals surface area contributed by atoms with Crippen LogP contribution in [-0.4, -0.2) is 15.0 Å². The van der Waals surface area contributed by atoms with Crippen molar-refractivity contribution < 1.29 is 8.83 Å². The van der Waals surface area contributed by atoms with Gasteiger partial charge < -0.3 is 8.83 Å². The Kier molecular flexibility index (Phi) is 6.44. The lowest BCUT2D eigenvalue weighted by Gasteiger charge is -2.21. The number of allylic oxidation sites excluding steroid dienone is 9. The van der Waals surface area contributed by atoms with Gasteiger partial charge in [0.25, 0.3) is 0 Å². The van der Waals surface area contributed by atoms with E-state index in [-0.39, 0.29) is 0 Å². The fourth-order valence-electron chi connectivity index (χ4n) is 8.09. The summed E-state index contributed by atoms with van der Waals surface area (Å²) < 4.78 is 13.0. The first-order valence-corrected chi connectivity index (χ1v) is 17.9. The first-order valence-electron chi connectivity index (χ1n) is 17.9. The van der Waals surface area contributed by atoms with E-state index in [4.69, 9.17) is 23.8 Å². The Morgan fingerprint density at radius 1 is 0.615 bits per heavy atom. The molecule has 3 aliphatic carbocycles. The number of rotatable bonds is 4. The number of para-hydroxylation sites is 2. The number of fused-ring (bicyclic) bond motifs is 8. The van der Waals surface area contributed by atoms with Crippen molar-refractivity contribution in [2.24, 2.45) is 5.92 Å². The molecule has 3 aliphatic rings. The average molecular weight is 670 g/mol. The van der Waals surface area contributed by atoms with Crippen LogP contribution in [0.25, 0.3) is 89.4 Å². The van der Waals surface area contributed by atoms with E-state index in [9.17, 15) is 0 Å². The molecule has 11 rings (SSSR count). The molecule has 0 bridgehead atoms. The summed E-state index contributed by atoms with van der Waals surface area (Å²) in [5.41, 5.74) is 12.1. The fraction of sp³-hybridized carbons (Fsp3) is 0.0851. The molecule has 1 atom stereocenters. The van der Waals surface area contributed by atoms with Gasteiger partial charge in [-0.1, -0.05) is 109 Å². The molecule has 1 unspecified atom stereocenters. The van der Waals surface area contributed by atoms with Crippen molar-refractivity contribution in [2.45, 2.75) is 19.3 Å². The molecule has 0 spiro atoms. The summed E-state index contributed by atoms with van der Waals surface area (Å²) in [6.07, 6.45) is 20.7. The van der Waals surface area contributed by atoms with Crippen LogP contribution in [0.3, 0.4) is 0 Å². The van der Waals surface area contributed by atoms with Crippen molar-refractivity contribution in [3.8, 4) is 33.9 Å². The molecular weight excluding hydrogens is 639 g/mol. The molecule has 0 radical (unpaired) electrons. The van der Waals surface area contributed by atoms with Gasteiger partial charge in [0.2, 0.25) is 0 Å². The summed E-state index contributed by atoms with van der Waals surface area (Å²) in [5, 5.41) is 4.21. The summed E-state index contributed by atoms with van der Waals surface area (Å²) in [4.78, 5) is 15.5. The largest absolute Gasteiger partial charge is 0.456 e. The van der Waals surface area contributed by atoms with Gasteiger partial charge in [-0.15, -0.1) is 0 Å². The van der Waals surface area contributed by atoms with E-state index in [2.05, 4.69) is 115 Å². The van der Waals surface area contributed by atoms with Crippen molar-refractivity contribution in [1.82, 2.24) is 15.0 Å². The number of aryl methyl sites for hydroxylation is 1. The predicted molar refractivity (Wildman–Crippen MR) is 210 cm³/mol. The fourth-order valence-corrected chi connectivity index (χ4v) is 8.09. The van der Waals surface area contributed by atoms with Crippen LogP contribution in [0.15, 0.2) is 154 Å². The third-order valence-corrected chi connectivity index (χ3v) is 10.7. The van der Waals surface area contributed by atoms with Crippen LogP contribution in [0.5, 0.6) is 0 Å². The molecule has 5 aromatic carbocycles. The van der Waals surface area contributed by atoms with Crippen molar-refractivity contribution in [1.29, 1.82) is 0 Å². The van der Waals surface area contributed by atoms with Gasteiger partial charge in [-0.2, -0.15) is 0 Å². The van der Waals surface area contributed by atoms with Gasteiger partial charge >= 0.3 is 0 Å². The maximum atomic E-state index is 6.71. The molecule has 0 saturated carbocycles. The lowest BCUT2D eigenvalue weighted by atomic mass is 9.85. The highest BCUT2D eigenvalue weighted by atomic mass is 16.3. The number of hydrogen-bond acceptors (Lipinski definition) is 5. The first kappa shape index (κ1) is 29.2. The van der Waals surface area contributed by atoms with Gasteiger partial charge in [0.05, 0.1) is 0 Å². The minimum Gasteiger partial charge on any atom is -0.456 e. The molecule has 3 heterocycles. The molecule has 5 nitrogen and oxygen atoms in total. The lowest BCUT2D eigenvalue weighted by molar-refractivity contribution is 0.668. The molecule has 0 amide bonds. The predicted octanol–water partition coefficient (Wildman–Crippen LogP) is 12.1. The second-order valence-electron chi connectivity index (χ2n) is 13.8. The molecule has 52 heavy (non-hydrogen) atoms. The highest BCUT2D eigenvalue weighted by molar-refractivity contribution is 6.15. The van der Waals surface area contributed by atoms with E-state index in [1.807, 2.05) is 30.3 Å². The Balaban J connectivity index is 1.09. The van der Waals surface area contributed by atoms with Crippen LogP contribution in [-0.2, 0) is 6.42 Å². The lowest BCUT2D eigenvalue weighted by Crippen LogP contribution is -2.08. The second kappa shape index (κ2) is 11.5. The van der Waals surface area contributed by atoms with Crippen molar-refractivity contribution in [3.63, 3.8) is 0 Å². The van der Waals surface area contributed by atoms with Crippen LogP contribution in [0, 0.1) is 5.92 Å². The van der Waals surface area contributed by atoms with Gasteiger partial charge in [0, 0.05) is 49.7 Å². The molecule has 246 valence electrons. The summed E-state index contributed by atoms with van der Waals surface area (Å²) in [6.45, 7) is 0. The number of aromatic nitrogens is 3. The molecule has 5 heteroatoms. The molecule has 0 fully saturated rings. The Morgan fingerprint density at radius 3 is 2.44 bits per heavy atom. The quantitative estimate of drug-likeness (QED) is 0.187. The van der Waals surface area contributed by atoms with Crippen LogP contribution < -0.4 is 0 Å². The number of benzene rings is 5. The van der Waals surface area contributed by atoms with Crippen molar-refractivity contribution in [3.05, 3.63) is 162 Å². The monoisotopic (exact) mass is 669 g/mol. The van der Waals surface area contributed by atoms with Crippen LogP contribution in [0.4, 0.5) is 0 Å². The smallest absolute Gasteiger partial charge is 0.164 e. The minimum absolute atomic E-state index is 0.384. The van der Waals surface area contributed by atoms with Crippen LogP contribution in [0.2, 0.25) is 0 Å². The SMILES string of the molecule is C1=CC2=CC(c3nc(-c4ccc5c(c4)C=CCC5)nc(-c4cccc5oc6c(-c7ccc8c(c7)oc7ccccc78)cccc6c45)n3)=CCC2C=C1. The van der Waals surface area contributed by atoms with E-state index in [1.165, 1.54) is 16.7 Å². The van der Waals surface area contributed by atoms with Gasteiger partial charge in [0.15, 0.2) is 17.5 Å². The molecule has 0 N–H and O–H groups in total. The van der Waals surface area contributed by atoms with E-state index < -0.39 is 0 Å². The summed E-state index contributed by atoms with van der Waals surface area (Å²) in [7, 11) is 0. The normalized spacial score (nSPS) is 16.4. The Labute approximate surface area is 299 Å². The minimum atomic E-state index is 0.384. The van der Waals surface area contributed by atoms with Crippen LogP contribution >= 0.6 is 0 Å². The summed E-state index contributed by atoms with van der Waals surface area (Å²) in [6, 6.07) is 33.7. The Hall–Kier alpha value is -6.59. The second-order valence-corrected chi connectivity index (χ2v) is 13.8. The molecule has 0 saturated heterocycles. The Bertz CT molecular complexity index is 2950. The highest BCUT2D eigenvalue weighted by Gasteiger charge is 2.23. The van der Waals surface area contributed by atoms with Gasteiger partial charge in [-0.05, 0) is 77.9 Å². The average Bonchev–Trinajstić information content (AvgIpc) is 3.78. The van der Waals surface area contributed by atoms with Crippen molar-refractivity contribution >= 4 is 55.5 Å². The standard InChI is InChI=1S/C47H31N3O2/c1-3-11-30-25-33(21-19-28(30)9-1)45-48-46(34-22-20-29-10-2-4-12-31(29)26-34)50-47(49-45)39-16-8-18-41-43(39)38-15-7-14-35(44(38)52-41)32-23-24-37-36-13-5-6-17-40(36)51-42(37)27-32/h1,3-9,11-18,20-28H,2,10,19H2. The molecule has 8 aromatic rings.